The highest BCUT2D eigenvalue weighted by molar-refractivity contribution is 6.06. The number of hydrogen-bond acceptors (Lipinski definition) is 2. The van der Waals surface area contributed by atoms with Crippen LogP contribution in [0.2, 0.25) is 0 Å². The molecule has 0 spiro atoms. The number of benzene rings is 1. The van der Waals surface area contributed by atoms with Crippen molar-refractivity contribution in [3.05, 3.63) is 30.0 Å². The zero-order chi connectivity index (χ0) is 11.7. The van der Waals surface area contributed by atoms with E-state index in [0.717, 1.165) is 16.7 Å². The average molecular weight is 218 g/mol. The zero-order valence-corrected chi connectivity index (χ0v) is 9.57. The summed E-state index contributed by atoms with van der Waals surface area (Å²) in [6.45, 7) is 0. The number of carbonyl (C=O) groups is 1. The number of fused-ring (bicyclic) bond motifs is 1. The van der Waals surface area contributed by atoms with Gasteiger partial charge in [0.05, 0.1) is 12.7 Å². The first-order valence-electron chi connectivity index (χ1n) is 5.00. The maximum Gasteiger partial charge on any atom is 0.255 e. The fourth-order valence-corrected chi connectivity index (χ4v) is 1.64. The number of aromatic amines is 1. The molecular formula is C12H14N2O2. The monoisotopic (exact) mass is 218 g/mol. The molecule has 0 aliphatic carbocycles. The number of nitrogens with zero attached hydrogens (tertiary/aromatic N) is 1. The number of ether oxygens (including phenoxy) is 1. The Balaban J connectivity index is 2.58. The molecule has 0 bridgehead atoms. The molecule has 2 aromatic rings. The number of carbonyl (C=O) groups excluding carboxylic acids is 1. The molecule has 1 N–H and O–H groups in total. The second kappa shape index (κ2) is 3.89. The molecule has 1 aromatic heterocycles. The van der Waals surface area contributed by atoms with Crippen molar-refractivity contribution in [1.29, 1.82) is 0 Å². The highest BCUT2D eigenvalue weighted by Gasteiger charge is 2.13. The van der Waals surface area contributed by atoms with E-state index in [-0.39, 0.29) is 5.91 Å². The predicted octanol–water partition coefficient (Wildman–Crippen LogP) is 1.88. The van der Waals surface area contributed by atoms with Gasteiger partial charge in [-0.15, -0.1) is 0 Å². The fourth-order valence-electron chi connectivity index (χ4n) is 1.64. The van der Waals surface area contributed by atoms with Gasteiger partial charge in [0, 0.05) is 31.2 Å². The van der Waals surface area contributed by atoms with E-state index < -0.39 is 0 Å². The van der Waals surface area contributed by atoms with Gasteiger partial charge >= 0.3 is 0 Å². The first-order valence-corrected chi connectivity index (χ1v) is 5.00. The van der Waals surface area contributed by atoms with E-state index >= 15 is 0 Å². The molecule has 0 fully saturated rings. The number of hydrogen-bond donors (Lipinski definition) is 1. The Kier molecular flexibility index (Phi) is 2.56. The van der Waals surface area contributed by atoms with Gasteiger partial charge in [-0.1, -0.05) is 0 Å². The molecule has 84 valence electrons. The second-order valence-corrected chi connectivity index (χ2v) is 3.81. The first kappa shape index (κ1) is 10.5. The number of amides is 1. The Morgan fingerprint density at radius 1 is 1.38 bits per heavy atom. The number of H-pyrrole nitrogens is 1. The Hall–Kier alpha value is -1.97. The topological polar surface area (TPSA) is 45.3 Å². The molecule has 2 rings (SSSR count). The predicted molar refractivity (Wildman–Crippen MR) is 62.9 cm³/mol. The summed E-state index contributed by atoms with van der Waals surface area (Å²) in [5.74, 6) is 0.736. The van der Waals surface area contributed by atoms with Crippen LogP contribution in [0, 0.1) is 0 Å². The maximum absolute atomic E-state index is 11.9. The summed E-state index contributed by atoms with van der Waals surface area (Å²) in [6.07, 6.45) is 1.73. The van der Waals surface area contributed by atoms with E-state index in [9.17, 15) is 4.79 Å². The van der Waals surface area contributed by atoms with Crippen LogP contribution >= 0.6 is 0 Å². The van der Waals surface area contributed by atoms with E-state index in [1.54, 1.807) is 32.3 Å². The average Bonchev–Trinajstić information content (AvgIpc) is 2.70. The van der Waals surface area contributed by atoms with Crippen molar-refractivity contribution in [2.24, 2.45) is 0 Å². The van der Waals surface area contributed by atoms with Gasteiger partial charge in [0.1, 0.15) is 5.75 Å². The molecular weight excluding hydrogens is 204 g/mol. The van der Waals surface area contributed by atoms with Crippen LogP contribution in [0.15, 0.2) is 24.4 Å². The minimum atomic E-state index is -0.0143. The lowest BCUT2D eigenvalue weighted by Gasteiger charge is -2.09. The largest absolute Gasteiger partial charge is 0.497 e. The standard InChI is InChI=1S/C12H14N2O2/c1-14(2)12(15)10-7-13-11-5-4-8(16-3)6-9(10)11/h4-7,13H,1-3H3. The Morgan fingerprint density at radius 2 is 2.12 bits per heavy atom. The molecule has 0 saturated carbocycles. The van der Waals surface area contributed by atoms with Crippen molar-refractivity contribution in [3.63, 3.8) is 0 Å². The van der Waals surface area contributed by atoms with Gasteiger partial charge in [0.2, 0.25) is 0 Å². The highest BCUT2D eigenvalue weighted by Crippen LogP contribution is 2.24. The van der Waals surface area contributed by atoms with Gasteiger partial charge in [-0.3, -0.25) is 4.79 Å². The summed E-state index contributed by atoms with van der Waals surface area (Å²) in [4.78, 5) is 16.5. The molecule has 0 unspecified atom stereocenters. The Bertz CT molecular complexity index is 529. The van der Waals surface area contributed by atoms with Crippen molar-refractivity contribution < 1.29 is 9.53 Å². The quantitative estimate of drug-likeness (QED) is 0.836. The van der Waals surface area contributed by atoms with Gasteiger partial charge in [-0.25, -0.2) is 0 Å². The van der Waals surface area contributed by atoms with E-state index in [4.69, 9.17) is 4.74 Å². The third-order valence-electron chi connectivity index (χ3n) is 2.53. The smallest absolute Gasteiger partial charge is 0.255 e. The minimum Gasteiger partial charge on any atom is -0.497 e. The lowest BCUT2D eigenvalue weighted by molar-refractivity contribution is 0.0829. The molecule has 4 nitrogen and oxygen atoms in total. The number of aromatic nitrogens is 1. The van der Waals surface area contributed by atoms with E-state index in [1.165, 1.54) is 0 Å². The third kappa shape index (κ3) is 1.62. The normalized spacial score (nSPS) is 10.4. The number of methoxy groups -OCH3 is 1. The number of nitrogens with one attached hydrogen (secondary N) is 1. The van der Waals surface area contributed by atoms with Crippen LogP contribution in [0.3, 0.4) is 0 Å². The van der Waals surface area contributed by atoms with Crippen LogP contribution in [0.25, 0.3) is 10.9 Å². The van der Waals surface area contributed by atoms with Crippen LogP contribution in [-0.4, -0.2) is 37.0 Å². The van der Waals surface area contributed by atoms with Gasteiger partial charge in [-0.2, -0.15) is 0 Å². The summed E-state index contributed by atoms with van der Waals surface area (Å²) >= 11 is 0. The second-order valence-electron chi connectivity index (χ2n) is 3.81. The summed E-state index contributed by atoms with van der Waals surface area (Å²) in [6, 6.07) is 5.63. The van der Waals surface area contributed by atoms with E-state index in [0.29, 0.717) is 5.56 Å². The van der Waals surface area contributed by atoms with Gasteiger partial charge in [0.15, 0.2) is 0 Å². The van der Waals surface area contributed by atoms with Crippen molar-refractivity contribution >= 4 is 16.8 Å². The van der Waals surface area contributed by atoms with Crippen molar-refractivity contribution in [2.45, 2.75) is 0 Å². The first-order chi connectivity index (χ1) is 7.63. The molecule has 0 aliphatic rings. The molecule has 16 heavy (non-hydrogen) atoms. The minimum absolute atomic E-state index is 0.0143. The lowest BCUT2D eigenvalue weighted by atomic mass is 10.1. The highest BCUT2D eigenvalue weighted by atomic mass is 16.5. The molecule has 0 aliphatic heterocycles. The van der Waals surface area contributed by atoms with Crippen LogP contribution in [0.1, 0.15) is 10.4 Å². The summed E-state index contributed by atoms with van der Waals surface area (Å²) < 4.78 is 5.15. The van der Waals surface area contributed by atoms with Crippen LogP contribution in [0.5, 0.6) is 5.75 Å². The van der Waals surface area contributed by atoms with E-state index in [2.05, 4.69) is 4.98 Å². The molecule has 0 radical (unpaired) electrons. The van der Waals surface area contributed by atoms with Gasteiger partial charge < -0.3 is 14.6 Å². The van der Waals surface area contributed by atoms with Gasteiger partial charge in [-0.05, 0) is 18.2 Å². The molecule has 1 amide bonds. The van der Waals surface area contributed by atoms with Crippen LogP contribution < -0.4 is 4.74 Å². The molecule has 0 saturated heterocycles. The molecule has 0 atom stereocenters. The summed E-state index contributed by atoms with van der Waals surface area (Å²) in [5.41, 5.74) is 1.60. The lowest BCUT2D eigenvalue weighted by Crippen LogP contribution is -2.21. The zero-order valence-electron chi connectivity index (χ0n) is 9.57. The van der Waals surface area contributed by atoms with Gasteiger partial charge in [0.25, 0.3) is 5.91 Å². The number of rotatable bonds is 2. The van der Waals surface area contributed by atoms with E-state index in [1.807, 2.05) is 18.2 Å². The molecule has 1 heterocycles. The van der Waals surface area contributed by atoms with Crippen molar-refractivity contribution in [2.75, 3.05) is 21.2 Å². The Morgan fingerprint density at radius 3 is 2.75 bits per heavy atom. The van der Waals surface area contributed by atoms with Crippen molar-refractivity contribution in [1.82, 2.24) is 9.88 Å². The third-order valence-corrected chi connectivity index (χ3v) is 2.53. The fraction of sp³-hybridized carbons (Fsp3) is 0.250. The molecule has 4 heteroatoms. The van der Waals surface area contributed by atoms with Crippen LogP contribution in [-0.2, 0) is 0 Å². The van der Waals surface area contributed by atoms with Crippen molar-refractivity contribution in [3.8, 4) is 5.75 Å². The maximum atomic E-state index is 11.9. The summed E-state index contributed by atoms with van der Waals surface area (Å²) in [5, 5.41) is 0.887. The SMILES string of the molecule is COc1ccc2[nH]cc(C(=O)N(C)C)c2c1. The molecule has 1 aromatic carbocycles. The summed E-state index contributed by atoms with van der Waals surface area (Å²) in [7, 11) is 5.09. The Labute approximate surface area is 93.8 Å². The van der Waals surface area contributed by atoms with Crippen LogP contribution in [0.4, 0.5) is 0 Å².